The fourth-order valence-corrected chi connectivity index (χ4v) is 2.11. The number of rotatable bonds is 4. The molecular weight excluding hydrogens is 303 g/mol. The van der Waals surface area contributed by atoms with Gasteiger partial charge in [0.2, 0.25) is 0 Å². The molecule has 1 aromatic carbocycles. The van der Waals surface area contributed by atoms with Gasteiger partial charge in [0.05, 0.1) is 17.1 Å². The largest absolute Gasteiger partial charge is 0.373 e. The van der Waals surface area contributed by atoms with Gasteiger partial charge in [-0.05, 0) is 18.2 Å². The summed E-state index contributed by atoms with van der Waals surface area (Å²) in [5.41, 5.74) is 0.525. The number of nitrogens with zero attached hydrogens (tertiary/aromatic N) is 2. The molecule has 6 nitrogen and oxygen atoms in total. The van der Waals surface area contributed by atoms with Crippen molar-refractivity contribution in [1.82, 2.24) is 4.98 Å². The molecule has 0 atom stereocenters. The van der Waals surface area contributed by atoms with Crippen LogP contribution in [0, 0.1) is 10.1 Å². The number of anilines is 3. The third-order valence-corrected chi connectivity index (χ3v) is 2.85. The van der Waals surface area contributed by atoms with Crippen LogP contribution in [0.1, 0.15) is 0 Å². The number of benzene rings is 1. The van der Waals surface area contributed by atoms with Gasteiger partial charge < -0.3 is 10.6 Å². The zero-order valence-corrected chi connectivity index (χ0v) is 11.9. The summed E-state index contributed by atoms with van der Waals surface area (Å²) in [6.45, 7) is 0. The van der Waals surface area contributed by atoms with Gasteiger partial charge in [-0.25, -0.2) is 4.98 Å². The summed E-state index contributed by atoms with van der Waals surface area (Å²) in [6.07, 6.45) is 0. The fourth-order valence-electron chi connectivity index (χ4n) is 1.59. The number of nitro groups is 1. The Labute approximate surface area is 124 Å². The minimum atomic E-state index is -0.487. The van der Waals surface area contributed by atoms with Crippen LogP contribution in [0.25, 0.3) is 0 Å². The molecule has 0 saturated heterocycles. The second-order valence-corrected chi connectivity index (χ2v) is 4.76. The zero-order valence-electron chi connectivity index (χ0n) is 10.4. The van der Waals surface area contributed by atoms with Crippen molar-refractivity contribution in [1.29, 1.82) is 0 Å². The van der Waals surface area contributed by atoms with Crippen molar-refractivity contribution in [3.63, 3.8) is 0 Å². The Balaban J connectivity index is 2.37. The van der Waals surface area contributed by atoms with Gasteiger partial charge in [0, 0.05) is 22.8 Å². The lowest BCUT2D eigenvalue weighted by molar-refractivity contribution is -0.384. The molecule has 0 unspecified atom stereocenters. The van der Waals surface area contributed by atoms with Crippen LogP contribution in [0.2, 0.25) is 10.0 Å². The summed E-state index contributed by atoms with van der Waals surface area (Å²) < 4.78 is 0. The molecule has 0 aliphatic carbocycles. The van der Waals surface area contributed by atoms with E-state index in [2.05, 4.69) is 15.6 Å². The molecule has 0 radical (unpaired) electrons. The smallest absolute Gasteiger partial charge is 0.276 e. The van der Waals surface area contributed by atoms with E-state index < -0.39 is 4.92 Å². The van der Waals surface area contributed by atoms with E-state index in [4.69, 9.17) is 23.2 Å². The molecule has 0 aliphatic heterocycles. The average Bonchev–Trinajstić information content (AvgIpc) is 2.36. The predicted octanol–water partition coefficient (Wildman–Crippen LogP) is 4.08. The maximum absolute atomic E-state index is 10.9. The topological polar surface area (TPSA) is 80.1 Å². The van der Waals surface area contributed by atoms with Crippen LogP contribution in [0.4, 0.5) is 23.0 Å². The average molecular weight is 313 g/mol. The molecule has 104 valence electrons. The molecular formula is C12H10Cl2N4O2. The standard InChI is InChI=1S/C12H10Cl2N4O2/c1-15-11-5-10(18(19)20)6-12(17-11)16-9-3-7(13)2-8(14)4-9/h2-6H,1H3,(H2,15,16,17). The molecule has 0 saturated carbocycles. The number of nitrogens with one attached hydrogen (secondary N) is 2. The molecule has 1 aromatic heterocycles. The normalized spacial score (nSPS) is 10.2. The van der Waals surface area contributed by atoms with Gasteiger partial charge >= 0.3 is 0 Å². The van der Waals surface area contributed by atoms with Crippen LogP contribution >= 0.6 is 23.2 Å². The van der Waals surface area contributed by atoms with Gasteiger partial charge in [-0.2, -0.15) is 0 Å². The molecule has 2 aromatic rings. The van der Waals surface area contributed by atoms with E-state index in [1.165, 1.54) is 12.1 Å². The molecule has 20 heavy (non-hydrogen) atoms. The SMILES string of the molecule is CNc1cc([N+](=O)[O-])cc(Nc2cc(Cl)cc(Cl)c2)n1. The number of aromatic nitrogens is 1. The second-order valence-electron chi connectivity index (χ2n) is 3.89. The van der Waals surface area contributed by atoms with Gasteiger partial charge in [0.15, 0.2) is 0 Å². The van der Waals surface area contributed by atoms with Gasteiger partial charge in [-0.15, -0.1) is 0 Å². The Hall–Kier alpha value is -2.05. The highest BCUT2D eigenvalue weighted by Gasteiger charge is 2.11. The molecule has 2 rings (SSSR count). The van der Waals surface area contributed by atoms with E-state index in [-0.39, 0.29) is 5.69 Å². The summed E-state index contributed by atoms with van der Waals surface area (Å²) in [4.78, 5) is 14.6. The van der Waals surface area contributed by atoms with Crippen LogP contribution in [-0.2, 0) is 0 Å². The monoisotopic (exact) mass is 312 g/mol. The molecule has 0 fully saturated rings. The van der Waals surface area contributed by atoms with E-state index in [1.807, 2.05) is 0 Å². The molecule has 1 heterocycles. The second kappa shape index (κ2) is 5.94. The third kappa shape index (κ3) is 3.49. The van der Waals surface area contributed by atoms with Crippen LogP contribution < -0.4 is 10.6 Å². The van der Waals surface area contributed by atoms with Crippen molar-refractivity contribution in [2.75, 3.05) is 17.7 Å². The molecule has 0 aliphatic rings. The first-order valence-corrected chi connectivity index (χ1v) is 6.31. The lowest BCUT2D eigenvalue weighted by Gasteiger charge is -2.08. The number of hydrogen-bond donors (Lipinski definition) is 2. The molecule has 8 heteroatoms. The van der Waals surface area contributed by atoms with Gasteiger partial charge in [-0.1, -0.05) is 23.2 Å². The van der Waals surface area contributed by atoms with Gasteiger partial charge in [-0.3, -0.25) is 10.1 Å². The Bertz CT molecular complexity index is 644. The Morgan fingerprint density at radius 2 is 1.70 bits per heavy atom. The van der Waals surface area contributed by atoms with Crippen molar-refractivity contribution in [2.45, 2.75) is 0 Å². The summed E-state index contributed by atoms with van der Waals surface area (Å²) >= 11 is 11.8. The number of hydrogen-bond acceptors (Lipinski definition) is 5. The number of pyridine rings is 1. The Kier molecular flexibility index (Phi) is 4.26. The first-order valence-electron chi connectivity index (χ1n) is 5.55. The maximum Gasteiger partial charge on any atom is 0.276 e. The van der Waals surface area contributed by atoms with Crippen molar-refractivity contribution in [3.8, 4) is 0 Å². The van der Waals surface area contributed by atoms with Gasteiger partial charge in [0.25, 0.3) is 5.69 Å². The maximum atomic E-state index is 10.9. The van der Waals surface area contributed by atoms with Crippen LogP contribution in [0.5, 0.6) is 0 Å². The minimum absolute atomic E-state index is 0.0695. The summed E-state index contributed by atoms with van der Waals surface area (Å²) in [6, 6.07) is 7.56. The summed E-state index contributed by atoms with van der Waals surface area (Å²) in [5.74, 6) is 0.705. The van der Waals surface area contributed by atoms with Crippen molar-refractivity contribution >= 4 is 46.2 Å². The molecule has 0 amide bonds. The van der Waals surface area contributed by atoms with Gasteiger partial charge in [0.1, 0.15) is 11.6 Å². The quantitative estimate of drug-likeness (QED) is 0.656. The lowest BCUT2D eigenvalue weighted by atomic mass is 10.3. The van der Waals surface area contributed by atoms with E-state index in [0.29, 0.717) is 27.4 Å². The van der Waals surface area contributed by atoms with E-state index in [9.17, 15) is 10.1 Å². The van der Waals surface area contributed by atoms with E-state index in [0.717, 1.165) is 0 Å². The van der Waals surface area contributed by atoms with Crippen LogP contribution in [-0.4, -0.2) is 17.0 Å². The van der Waals surface area contributed by atoms with E-state index >= 15 is 0 Å². The molecule has 0 bridgehead atoms. The summed E-state index contributed by atoms with van der Waals surface area (Å²) in [5, 5.41) is 17.5. The first kappa shape index (κ1) is 14.4. The molecule has 0 spiro atoms. The Morgan fingerprint density at radius 1 is 1.10 bits per heavy atom. The van der Waals surface area contributed by atoms with Crippen LogP contribution in [0.15, 0.2) is 30.3 Å². The van der Waals surface area contributed by atoms with Crippen molar-refractivity contribution < 1.29 is 4.92 Å². The highest BCUT2D eigenvalue weighted by molar-refractivity contribution is 6.35. The van der Waals surface area contributed by atoms with Crippen molar-refractivity contribution in [3.05, 3.63) is 50.5 Å². The van der Waals surface area contributed by atoms with Crippen molar-refractivity contribution in [2.24, 2.45) is 0 Å². The fraction of sp³-hybridized carbons (Fsp3) is 0.0833. The first-order chi connectivity index (χ1) is 9.47. The number of halogens is 2. The van der Waals surface area contributed by atoms with E-state index in [1.54, 1.807) is 25.2 Å². The predicted molar refractivity (Wildman–Crippen MR) is 80.2 cm³/mol. The summed E-state index contributed by atoms with van der Waals surface area (Å²) in [7, 11) is 1.63. The highest BCUT2D eigenvalue weighted by Crippen LogP contribution is 2.27. The third-order valence-electron chi connectivity index (χ3n) is 2.41. The minimum Gasteiger partial charge on any atom is -0.373 e. The molecule has 2 N–H and O–H groups in total. The van der Waals surface area contributed by atoms with Crippen LogP contribution in [0.3, 0.4) is 0 Å². The lowest BCUT2D eigenvalue weighted by Crippen LogP contribution is -2.00. The highest BCUT2D eigenvalue weighted by atomic mass is 35.5. The Morgan fingerprint density at radius 3 is 2.25 bits per heavy atom. The zero-order chi connectivity index (χ0) is 14.7.